The van der Waals surface area contributed by atoms with E-state index >= 15 is 0 Å². The highest BCUT2D eigenvalue weighted by atomic mass is 79.9. The molecule has 0 amide bonds. The van der Waals surface area contributed by atoms with E-state index in [1.165, 1.54) is 28.4 Å². The first-order valence-electron chi connectivity index (χ1n) is 3.99. The predicted octanol–water partition coefficient (Wildman–Crippen LogP) is 3.71. The molecule has 0 aromatic heterocycles. The highest BCUT2D eigenvalue weighted by Crippen LogP contribution is 2.19. The summed E-state index contributed by atoms with van der Waals surface area (Å²) >= 11 is 3.55. The molecule has 1 heteroatoms. The Hall–Kier alpha value is -0.300. The Morgan fingerprint density at radius 3 is 2.64 bits per heavy atom. The minimum atomic E-state index is 1.17. The second-order valence-electron chi connectivity index (χ2n) is 2.84. The van der Waals surface area contributed by atoms with Gasteiger partial charge in [-0.1, -0.05) is 41.4 Å². The summed E-state index contributed by atoms with van der Waals surface area (Å²) in [6.07, 6.45) is 2.38. The van der Waals surface area contributed by atoms with Gasteiger partial charge in [0.05, 0.1) is 0 Å². The van der Waals surface area contributed by atoms with Crippen molar-refractivity contribution in [2.75, 3.05) is 0 Å². The Bertz CT molecular complexity index is 241. The van der Waals surface area contributed by atoms with E-state index in [1.54, 1.807) is 0 Å². The first-order valence-corrected chi connectivity index (χ1v) is 4.78. The standard InChI is InChI=1S/C10H13Br/c1-3-4-9-6-5-8(2)7-10(9)11/h5-7H,3-4H2,1-2H3. The van der Waals surface area contributed by atoms with Gasteiger partial charge < -0.3 is 0 Å². The van der Waals surface area contributed by atoms with E-state index < -0.39 is 0 Å². The molecule has 0 bridgehead atoms. The zero-order valence-corrected chi connectivity index (χ0v) is 8.61. The summed E-state index contributed by atoms with van der Waals surface area (Å²) in [5.41, 5.74) is 2.73. The molecule has 0 aliphatic carbocycles. The van der Waals surface area contributed by atoms with Crippen molar-refractivity contribution in [3.8, 4) is 0 Å². The minimum Gasteiger partial charge on any atom is -0.0651 e. The molecular weight excluding hydrogens is 200 g/mol. The molecule has 60 valence electrons. The van der Waals surface area contributed by atoms with Gasteiger partial charge in [-0.15, -0.1) is 0 Å². The van der Waals surface area contributed by atoms with Crippen LogP contribution in [-0.2, 0) is 6.42 Å². The first kappa shape index (κ1) is 8.79. The Morgan fingerprint density at radius 2 is 2.09 bits per heavy atom. The van der Waals surface area contributed by atoms with Crippen LogP contribution in [0.25, 0.3) is 0 Å². The SMILES string of the molecule is CCCc1ccc(C)cc1Br. The fraction of sp³-hybridized carbons (Fsp3) is 0.400. The highest BCUT2D eigenvalue weighted by Gasteiger charge is 1.97. The Labute approximate surface area is 76.8 Å². The van der Waals surface area contributed by atoms with Crippen LogP contribution in [0.1, 0.15) is 24.5 Å². The number of rotatable bonds is 2. The molecule has 0 saturated carbocycles. The van der Waals surface area contributed by atoms with E-state index in [4.69, 9.17) is 0 Å². The zero-order chi connectivity index (χ0) is 8.27. The van der Waals surface area contributed by atoms with Crippen molar-refractivity contribution in [3.05, 3.63) is 33.8 Å². The largest absolute Gasteiger partial charge is 0.0651 e. The molecule has 0 atom stereocenters. The summed E-state index contributed by atoms with van der Waals surface area (Å²) in [5.74, 6) is 0. The van der Waals surface area contributed by atoms with Gasteiger partial charge in [0.25, 0.3) is 0 Å². The predicted molar refractivity (Wildman–Crippen MR) is 52.9 cm³/mol. The van der Waals surface area contributed by atoms with Gasteiger partial charge in [0.15, 0.2) is 0 Å². The second-order valence-corrected chi connectivity index (χ2v) is 3.70. The average molecular weight is 213 g/mol. The molecule has 1 aromatic rings. The molecule has 0 aliphatic heterocycles. The summed E-state index contributed by atoms with van der Waals surface area (Å²) in [4.78, 5) is 0. The van der Waals surface area contributed by atoms with Gasteiger partial charge in [0.2, 0.25) is 0 Å². The van der Waals surface area contributed by atoms with E-state index in [1.807, 2.05) is 0 Å². The Balaban J connectivity index is 2.90. The molecule has 0 fully saturated rings. The fourth-order valence-corrected chi connectivity index (χ4v) is 1.82. The van der Waals surface area contributed by atoms with Crippen LogP contribution in [0.4, 0.5) is 0 Å². The second kappa shape index (κ2) is 3.91. The Kier molecular flexibility index (Phi) is 3.13. The van der Waals surface area contributed by atoms with Crippen LogP contribution in [0.5, 0.6) is 0 Å². The third kappa shape index (κ3) is 2.33. The molecular formula is C10H13Br. The van der Waals surface area contributed by atoms with E-state index in [9.17, 15) is 0 Å². The maximum Gasteiger partial charge on any atom is 0.0209 e. The zero-order valence-electron chi connectivity index (χ0n) is 7.02. The lowest BCUT2D eigenvalue weighted by atomic mass is 10.1. The highest BCUT2D eigenvalue weighted by molar-refractivity contribution is 9.10. The summed E-state index contributed by atoms with van der Waals surface area (Å²) in [7, 11) is 0. The lowest BCUT2D eigenvalue weighted by Crippen LogP contribution is -1.85. The van der Waals surface area contributed by atoms with Crippen LogP contribution in [0.15, 0.2) is 22.7 Å². The number of benzene rings is 1. The van der Waals surface area contributed by atoms with Gasteiger partial charge in [-0.25, -0.2) is 0 Å². The lowest BCUT2D eigenvalue weighted by Gasteiger charge is -2.02. The minimum absolute atomic E-state index is 1.17. The van der Waals surface area contributed by atoms with Gasteiger partial charge >= 0.3 is 0 Å². The molecule has 1 rings (SSSR count). The van der Waals surface area contributed by atoms with Gasteiger partial charge in [-0.2, -0.15) is 0 Å². The monoisotopic (exact) mass is 212 g/mol. The molecule has 0 nitrogen and oxygen atoms in total. The maximum absolute atomic E-state index is 3.55. The van der Waals surface area contributed by atoms with Crippen molar-refractivity contribution in [2.45, 2.75) is 26.7 Å². The number of aryl methyl sites for hydroxylation is 2. The van der Waals surface area contributed by atoms with Gasteiger partial charge in [-0.05, 0) is 30.5 Å². The quantitative estimate of drug-likeness (QED) is 0.702. The number of halogens is 1. The molecule has 0 saturated heterocycles. The molecule has 0 unspecified atom stereocenters. The van der Waals surface area contributed by atoms with Crippen LogP contribution in [0.2, 0.25) is 0 Å². The van der Waals surface area contributed by atoms with Crippen LogP contribution in [0.3, 0.4) is 0 Å². The summed E-state index contributed by atoms with van der Waals surface area (Å²) in [6.45, 7) is 4.31. The average Bonchev–Trinajstić information content (AvgIpc) is 1.95. The van der Waals surface area contributed by atoms with Crippen molar-refractivity contribution in [1.82, 2.24) is 0 Å². The van der Waals surface area contributed by atoms with E-state index in [-0.39, 0.29) is 0 Å². The van der Waals surface area contributed by atoms with Gasteiger partial charge in [-0.3, -0.25) is 0 Å². The van der Waals surface area contributed by atoms with Crippen molar-refractivity contribution in [3.63, 3.8) is 0 Å². The molecule has 0 heterocycles. The Morgan fingerprint density at radius 1 is 1.36 bits per heavy atom. The van der Waals surface area contributed by atoms with E-state index in [2.05, 4.69) is 48.0 Å². The van der Waals surface area contributed by atoms with Crippen LogP contribution in [0, 0.1) is 6.92 Å². The molecule has 0 aliphatic rings. The topological polar surface area (TPSA) is 0 Å². The fourth-order valence-electron chi connectivity index (χ4n) is 1.12. The number of hydrogen-bond donors (Lipinski definition) is 0. The summed E-state index contributed by atoms with van der Waals surface area (Å²) in [6, 6.07) is 6.53. The van der Waals surface area contributed by atoms with Gasteiger partial charge in [0, 0.05) is 4.47 Å². The third-order valence-electron chi connectivity index (χ3n) is 1.73. The lowest BCUT2D eigenvalue weighted by molar-refractivity contribution is 0.916. The van der Waals surface area contributed by atoms with Crippen molar-refractivity contribution < 1.29 is 0 Å². The smallest absolute Gasteiger partial charge is 0.0209 e. The number of hydrogen-bond acceptors (Lipinski definition) is 0. The molecule has 0 spiro atoms. The molecule has 11 heavy (non-hydrogen) atoms. The van der Waals surface area contributed by atoms with E-state index in [0.29, 0.717) is 0 Å². The third-order valence-corrected chi connectivity index (χ3v) is 2.47. The summed E-state index contributed by atoms with van der Waals surface area (Å²) in [5, 5.41) is 0. The van der Waals surface area contributed by atoms with Crippen LogP contribution < -0.4 is 0 Å². The molecule has 1 aromatic carbocycles. The van der Waals surface area contributed by atoms with Crippen LogP contribution in [-0.4, -0.2) is 0 Å². The van der Waals surface area contributed by atoms with Crippen molar-refractivity contribution in [1.29, 1.82) is 0 Å². The van der Waals surface area contributed by atoms with Gasteiger partial charge in [0.1, 0.15) is 0 Å². The van der Waals surface area contributed by atoms with Crippen molar-refractivity contribution >= 4 is 15.9 Å². The molecule has 0 radical (unpaired) electrons. The van der Waals surface area contributed by atoms with Crippen molar-refractivity contribution in [2.24, 2.45) is 0 Å². The van der Waals surface area contributed by atoms with E-state index in [0.717, 1.165) is 0 Å². The van der Waals surface area contributed by atoms with Crippen LogP contribution >= 0.6 is 15.9 Å². The molecule has 0 N–H and O–H groups in total. The first-order chi connectivity index (χ1) is 5.24. The maximum atomic E-state index is 3.55. The normalized spacial score (nSPS) is 10.1. The summed E-state index contributed by atoms with van der Waals surface area (Å²) < 4.78 is 1.25.